The SMILES string of the molecule is Cc1cc(C)cc(-c2nnc(NC(=O)CCOc3ccccc3)o2)c1. The molecule has 0 aliphatic rings. The van der Waals surface area contributed by atoms with Crippen LogP contribution in [0.2, 0.25) is 0 Å². The minimum atomic E-state index is -0.244. The standard InChI is InChI=1S/C19H19N3O3/c1-13-10-14(2)12-15(11-13)18-21-22-19(25-18)20-17(23)8-9-24-16-6-4-3-5-7-16/h3-7,10-12H,8-9H2,1-2H3,(H,20,22,23). The van der Waals surface area contributed by atoms with E-state index in [-0.39, 0.29) is 24.9 Å². The van der Waals surface area contributed by atoms with Crippen molar-refractivity contribution in [1.29, 1.82) is 0 Å². The normalized spacial score (nSPS) is 10.5. The summed E-state index contributed by atoms with van der Waals surface area (Å²) >= 11 is 0. The van der Waals surface area contributed by atoms with Crippen LogP contribution in [-0.2, 0) is 4.79 Å². The van der Waals surface area contributed by atoms with Gasteiger partial charge in [0.25, 0.3) is 0 Å². The van der Waals surface area contributed by atoms with Gasteiger partial charge in [-0.05, 0) is 38.1 Å². The lowest BCUT2D eigenvalue weighted by Gasteiger charge is -2.05. The number of hydrogen-bond acceptors (Lipinski definition) is 5. The molecule has 0 aliphatic heterocycles. The number of nitrogens with one attached hydrogen (secondary N) is 1. The highest BCUT2D eigenvalue weighted by molar-refractivity contribution is 5.88. The molecule has 0 unspecified atom stereocenters. The molecule has 25 heavy (non-hydrogen) atoms. The topological polar surface area (TPSA) is 77.2 Å². The summed E-state index contributed by atoms with van der Waals surface area (Å²) in [5.41, 5.74) is 3.05. The molecule has 1 aromatic heterocycles. The summed E-state index contributed by atoms with van der Waals surface area (Å²) in [6.45, 7) is 4.28. The first-order valence-corrected chi connectivity index (χ1v) is 8.00. The number of para-hydroxylation sites is 1. The fourth-order valence-electron chi connectivity index (χ4n) is 2.45. The van der Waals surface area contributed by atoms with Crippen molar-refractivity contribution < 1.29 is 13.9 Å². The average molecular weight is 337 g/mol. The Morgan fingerprint density at radius 1 is 1.08 bits per heavy atom. The predicted molar refractivity (Wildman–Crippen MR) is 94.4 cm³/mol. The minimum Gasteiger partial charge on any atom is -0.493 e. The predicted octanol–water partition coefficient (Wildman–Crippen LogP) is 3.76. The molecular weight excluding hydrogens is 318 g/mol. The number of aromatic nitrogens is 2. The van der Waals surface area contributed by atoms with Gasteiger partial charge < -0.3 is 9.15 Å². The second kappa shape index (κ2) is 7.61. The first-order valence-electron chi connectivity index (χ1n) is 8.00. The lowest BCUT2D eigenvalue weighted by molar-refractivity contribution is -0.116. The van der Waals surface area contributed by atoms with Crippen LogP contribution in [0, 0.1) is 13.8 Å². The van der Waals surface area contributed by atoms with Crippen molar-refractivity contribution in [3.63, 3.8) is 0 Å². The average Bonchev–Trinajstić information content (AvgIpc) is 3.03. The molecule has 1 heterocycles. The second-order valence-electron chi connectivity index (χ2n) is 5.75. The van der Waals surface area contributed by atoms with E-state index in [1.54, 1.807) is 0 Å². The molecule has 0 spiro atoms. The molecule has 0 aliphatic carbocycles. The zero-order valence-corrected chi connectivity index (χ0v) is 14.2. The first kappa shape index (κ1) is 16.7. The molecule has 3 rings (SSSR count). The van der Waals surface area contributed by atoms with Crippen LogP contribution >= 0.6 is 0 Å². The smallest absolute Gasteiger partial charge is 0.322 e. The van der Waals surface area contributed by atoms with Gasteiger partial charge in [-0.1, -0.05) is 40.5 Å². The number of carbonyl (C=O) groups excluding carboxylic acids is 1. The van der Waals surface area contributed by atoms with E-state index < -0.39 is 0 Å². The van der Waals surface area contributed by atoms with Gasteiger partial charge in [0.05, 0.1) is 13.0 Å². The highest BCUT2D eigenvalue weighted by atomic mass is 16.5. The Morgan fingerprint density at radius 2 is 1.80 bits per heavy atom. The maximum Gasteiger partial charge on any atom is 0.322 e. The fourth-order valence-corrected chi connectivity index (χ4v) is 2.45. The molecule has 6 nitrogen and oxygen atoms in total. The molecule has 3 aromatic rings. The zero-order chi connectivity index (χ0) is 17.6. The van der Waals surface area contributed by atoms with Crippen molar-refractivity contribution in [2.24, 2.45) is 0 Å². The van der Waals surface area contributed by atoms with Gasteiger partial charge in [-0.3, -0.25) is 10.1 Å². The third kappa shape index (κ3) is 4.67. The highest BCUT2D eigenvalue weighted by Crippen LogP contribution is 2.22. The Bertz CT molecular complexity index is 839. The van der Waals surface area contributed by atoms with Crippen molar-refractivity contribution >= 4 is 11.9 Å². The number of nitrogens with zero attached hydrogens (tertiary/aromatic N) is 2. The summed E-state index contributed by atoms with van der Waals surface area (Å²) in [6, 6.07) is 15.4. The van der Waals surface area contributed by atoms with Gasteiger partial charge in [-0.15, -0.1) is 5.10 Å². The molecule has 0 bridgehead atoms. The zero-order valence-electron chi connectivity index (χ0n) is 14.2. The second-order valence-corrected chi connectivity index (χ2v) is 5.75. The Kier molecular flexibility index (Phi) is 5.09. The molecule has 1 amide bonds. The number of amides is 1. The maximum atomic E-state index is 11.9. The van der Waals surface area contributed by atoms with E-state index in [2.05, 4.69) is 21.6 Å². The largest absolute Gasteiger partial charge is 0.493 e. The van der Waals surface area contributed by atoms with Gasteiger partial charge in [0.2, 0.25) is 11.8 Å². The van der Waals surface area contributed by atoms with Gasteiger partial charge in [-0.25, -0.2) is 0 Å². The van der Waals surface area contributed by atoms with Crippen LogP contribution in [0.1, 0.15) is 17.5 Å². The van der Waals surface area contributed by atoms with Crippen molar-refractivity contribution in [2.75, 3.05) is 11.9 Å². The van der Waals surface area contributed by atoms with E-state index in [0.29, 0.717) is 5.89 Å². The molecule has 6 heteroatoms. The molecule has 0 saturated carbocycles. The maximum absolute atomic E-state index is 11.9. The van der Waals surface area contributed by atoms with Crippen molar-refractivity contribution in [2.45, 2.75) is 20.3 Å². The number of rotatable bonds is 6. The molecule has 0 saturated heterocycles. The minimum absolute atomic E-state index is 0.0823. The Morgan fingerprint density at radius 3 is 2.52 bits per heavy atom. The summed E-state index contributed by atoms with van der Waals surface area (Å²) in [6.07, 6.45) is 0.191. The van der Waals surface area contributed by atoms with E-state index >= 15 is 0 Å². The Labute approximate surface area is 145 Å². The van der Waals surface area contributed by atoms with Crippen LogP contribution in [0.3, 0.4) is 0 Å². The third-order valence-corrected chi connectivity index (χ3v) is 3.48. The van der Waals surface area contributed by atoms with Gasteiger partial charge in [0, 0.05) is 5.56 Å². The van der Waals surface area contributed by atoms with Crippen LogP contribution in [0.15, 0.2) is 52.9 Å². The highest BCUT2D eigenvalue weighted by Gasteiger charge is 2.12. The summed E-state index contributed by atoms with van der Waals surface area (Å²) in [5, 5.41) is 10.4. The van der Waals surface area contributed by atoms with E-state index in [9.17, 15) is 4.79 Å². The number of hydrogen-bond donors (Lipinski definition) is 1. The Hall–Kier alpha value is -3.15. The van der Waals surface area contributed by atoms with Crippen LogP contribution in [-0.4, -0.2) is 22.7 Å². The van der Waals surface area contributed by atoms with Crippen LogP contribution < -0.4 is 10.1 Å². The molecular formula is C19H19N3O3. The fraction of sp³-hybridized carbons (Fsp3) is 0.211. The van der Waals surface area contributed by atoms with E-state index in [4.69, 9.17) is 9.15 Å². The monoisotopic (exact) mass is 337 g/mol. The van der Waals surface area contributed by atoms with Crippen molar-refractivity contribution in [3.8, 4) is 17.2 Å². The van der Waals surface area contributed by atoms with Crippen molar-refractivity contribution in [1.82, 2.24) is 10.2 Å². The lowest BCUT2D eigenvalue weighted by atomic mass is 10.1. The molecule has 1 N–H and O–H groups in total. The summed E-state index contributed by atoms with van der Waals surface area (Å²) < 4.78 is 11.0. The third-order valence-electron chi connectivity index (χ3n) is 3.48. The number of aryl methyl sites for hydroxylation is 2. The molecule has 2 aromatic carbocycles. The molecule has 0 atom stereocenters. The van der Waals surface area contributed by atoms with E-state index in [1.807, 2.05) is 56.3 Å². The van der Waals surface area contributed by atoms with Crippen LogP contribution in [0.5, 0.6) is 5.75 Å². The van der Waals surface area contributed by atoms with Gasteiger partial charge >= 0.3 is 6.01 Å². The molecule has 0 radical (unpaired) electrons. The molecule has 128 valence electrons. The summed E-state index contributed by atoms with van der Waals surface area (Å²) in [7, 11) is 0. The summed E-state index contributed by atoms with van der Waals surface area (Å²) in [5.74, 6) is 0.861. The van der Waals surface area contributed by atoms with Crippen LogP contribution in [0.4, 0.5) is 6.01 Å². The lowest BCUT2D eigenvalue weighted by Crippen LogP contribution is -2.15. The van der Waals surface area contributed by atoms with Crippen molar-refractivity contribution in [3.05, 3.63) is 59.7 Å². The van der Waals surface area contributed by atoms with Gasteiger partial charge in [-0.2, -0.15) is 0 Å². The number of anilines is 1. The number of carbonyl (C=O) groups is 1. The number of benzene rings is 2. The van der Waals surface area contributed by atoms with Gasteiger partial charge in [0.15, 0.2) is 0 Å². The molecule has 0 fully saturated rings. The summed E-state index contributed by atoms with van der Waals surface area (Å²) in [4.78, 5) is 11.9. The van der Waals surface area contributed by atoms with Gasteiger partial charge in [0.1, 0.15) is 5.75 Å². The quantitative estimate of drug-likeness (QED) is 0.741. The Balaban J connectivity index is 1.55. The number of ether oxygens (including phenoxy) is 1. The van der Waals surface area contributed by atoms with Crippen LogP contribution in [0.25, 0.3) is 11.5 Å². The first-order chi connectivity index (χ1) is 12.1. The van der Waals surface area contributed by atoms with E-state index in [1.165, 1.54) is 0 Å². The van der Waals surface area contributed by atoms with E-state index in [0.717, 1.165) is 22.4 Å².